The van der Waals surface area contributed by atoms with Gasteiger partial charge in [0.25, 0.3) is 0 Å². The molecule has 16 heavy (non-hydrogen) atoms. The Balaban J connectivity index is 1.88. The van der Waals surface area contributed by atoms with E-state index in [1.807, 2.05) is 17.8 Å². The Bertz CT molecular complexity index is 334. The molecule has 0 bridgehead atoms. The molecular formula is C11H14Br2N2S. The van der Waals surface area contributed by atoms with Crippen LogP contribution in [0.1, 0.15) is 37.9 Å². The number of halogens is 2. The van der Waals surface area contributed by atoms with Crippen molar-refractivity contribution in [3.05, 3.63) is 21.1 Å². The van der Waals surface area contributed by atoms with Gasteiger partial charge in [-0.2, -0.15) is 11.8 Å². The lowest BCUT2D eigenvalue weighted by Gasteiger charge is -2.20. The second-order valence-corrected chi connectivity index (χ2v) is 6.91. The maximum Gasteiger partial charge on any atom is 0.140 e. The van der Waals surface area contributed by atoms with Crippen LogP contribution in [0.25, 0.3) is 0 Å². The molecule has 5 heteroatoms. The molecule has 0 aromatic carbocycles. The summed E-state index contributed by atoms with van der Waals surface area (Å²) in [6.07, 6.45) is 6.91. The summed E-state index contributed by atoms with van der Waals surface area (Å²) in [6.45, 7) is 0. The Morgan fingerprint density at radius 3 is 2.38 bits per heavy atom. The number of hydrogen-bond acceptors (Lipinski definition) is 3. The van der Waals surface area contributed by atoms with Crippen molar-refractivity contribution in [2.24, 2.45) is 0 Å². The summed E-state index contributed by atoms with van der Waals surface area (Å²) in [5.74, 6) is 1.83. The lowest BCUT2D eigenvalue weighted by atomic mass is 10.0. The Labute approximate surface area is 117 Å². The summed E-state index contributed by atoms with van der Waals surface area (Å²) >= 11 is 8.78. The highest BCUT2D eigenvalue weighted by Gasteiger charge is 2.14. The van der Waals surface area contributed by atoms with E-state index in [9.17, 15) is 0 Å². The maximum atomic E-state index is 4.37. The Morgan fingerprint density at radius 2 is 1.75 bits per heavy atom. The number of aromatic nitrogens is 2. The van der Waals surface area contributed by atoms with Crippen molar-refractivity contribution in [3.63, 3.8) is 0 Å². The zero-order valence-corrected chi connectivity index (χ0v) is 12.9. The molecule has 1 aromatic rings. The van der Waals surface area contributed by atoms with Gasteiger partial charge in [0.2, 0.25) is 0 Å². The summed E-state index contributed by atoms with van der Waals surface area (Å²) in [5.41, 5.74) is 0. The van der Waals surface area contributed by atoms with E-state index >= 15 is 0 Å². The van der Waals surface area contributed by atoms with Gasteiger partial charge in [0.1, 0.15) is 15.0 Å². The third-order valence-electron chi connectivity index (χ3n) is 2.71. The summed E-state index contributed by atoms with van der Waals surface area (Å²) in [5, 5.41) is 0.815. The number of rotatable bonds is 3. The molecule has 0 saturated heterocycles. The van der Waals surface area contributed by atoms with E-state index < -0.39 is 0 Å². The smallest absolute Gasteiger partial charge is 0.140 e. The van der Waals surface area contributed by atoms with Crippen molar-refractivity contribution in [2.45, 2.75) is 43.1 Å². The van der Waals surface area contributed by atoms with E-state index in [1.54, 1.807) is 0 Å². The first-order chi connectivity index (χ1) is 7.74. The standard InChI is InChI=1S/C11H14Br2N2S/c12-9-6-10(13)15-11(14-9)7-16-8-4-2-1-3-5-8/h6,8H,1-5,7H2. The van der Waals surface area contributed by atoms with E-state index in [1.165, 1.54) is 32.1 Å². The summed E-state index contributed by atoms with van der Waals surface area (Å²) in [4.78, 5) is 8.75. The van der Waals surface area contributed by atoms with Gasteiger partial charge in [0, 0.05) is 11.3 Å². The number of hydrogen-bond donors (Lipinski definition) is 0. The first-order valence-electron chi connectivity index (χ1n) is 5.54. The SMILES string of the molecule is Brc1cc(Br)nc(CSC2CCCCC2)n1. The van der Waals surface area contributed by atoms with Gasteiger partial charge in [0.15, 0.2) is 0 Å². The van der Waals surface area contributed by atoms with Crippen LogP contribution in [0.2, 0.25) is 0 Å². The van der Waals surface area contributed by atoms with Gasteiger partial charge in [-0.15, -0.1) is 0 Å². The second-order valence-electron chi connectivity index (χ2n) is 4.00. The maximum absolute atomic E-state index is 4.37. The molecule has 2 rings (SSSR count). The highest BCUT2D eigenvalue weighted by molar-refractivity contribution is 9.11. The minimum absolute atomic E-state index is 0.815. The van der Waals surface area contributed by atoms with Gasteiger partial charge in [-0.3, -0.25) is 0 Å². The van der Waals surface area contributed by atoms with Crippen molar-refractivity contribution >= 4 is 43.6 Å². The Kier molecular flexibility index (Phi) is 5.10. The van der Waals surface area contributed by atoms with Gasteiger partial charge >= 0.3 is 0 Å². The molecule has 0 unspecified atom stereocenters. The van der Waals surface area contributed by atoms with Gasteiger partial charge in [-0.1, -0.05) is 19.3 Å². The van der Waals surface area contributed by atoms with Crippen LogP contribution < -0.4 is 0 Å². The van der Waals surface area contributed by atoms with Crippen LogP contribution in [0.4, 0.5) is 0 Å². The van der Waals surface area contributed by atoms with Crippen molar-refractivity contribution in [3.8, 4) is 0 Å². The highest BCUT2D eigenvalue weighted by atomic mass is 79.9. The highest BCUT2D eigenvalue weighted by Crippen LogP contribution is 2.30. The fraction of sp³-hybridized carbons (Fsp3) is 0.636. The first-order valence-corrected chi connectivity index (χ1v) is 8.18. The Morgan fingerprint density at radius 1 is 1.12 bits per heavy atom. The molecule has 1 aromatic heterocycles. The molecule has 88 valence electrons. The van der Waals surface area contributed by atoms with Crippen LogP contribution in [0.5, 0.6) is 0 Å². The third kappa shape index (κ3) is 4.00. The predicted molar refractivity (Wildman–Crippen MR) is 75.6 cm³/mol. The van der Waals surface area contributed by atoms with Crippen LogP contribution in [-0.4, -0.2) is 15.2 Å². The molecule has 1 fully saturated rings. The largest absolute Gasteiger partial charge is 0.225 e. The van der Waals surface area contributed by atoms with Crippen LogP contribution in [0.15, 0.2) is 15.3 Å². The van der Waals surface area contributed by atoms with Crippen LogP contribution in [-0.2, 0) is 5.75 Å². The van der Waals surface area contributed by atoms with E-state index in [0.717, 1.165) is 26.0 Å². The van der Waals surface area contributed by atoms with Crippen LogP contribution in [0.3, 0.4) is 0 Å². The van der Waals surface area contributed by atoms with Gasteiger partial charge in [-0.25, -0.2) is 9.97 Å². The Hall–Kier alpha value is 0.390. The van der Waals surface area contributed by atoms with Crippen molar-refractivity contribution in [1.82, 2.24) is 9.97 Å². The summed E-state index contributed by atoms with van der Waals surface area (Å²) < 4.78 is 1.71. The average Bonchev–Trinajstić information content (AvgIpc) is 2.27. The van der Waals surface area contributed by atoms with Crippen molar-refractivity contribution < 1.29 is 0 Å². The second kappa shape index (κ2) is 6.36. The lowest BCUT2D eigenvalue weighted by Crippen LogP contribution is -2.08. The normalized spacial score (nSPS) is 17.6. The number of thioether (sulfide) groups is 1. The molecule has 0 atom stereocenters. The molecule has 0 radical (unpaired) electrons. The molecular weight excluding hydrogens is 352 g/mol. The van der Waals surface area contributed by atoms with E-state index in [2.05, 4.69) is 41.8 Å². The van der Waals surface area contributed by atoms with Gasteiger partial charge in [-0.05, 0) is 44.7 Å². The quantitative estimate of drug-likeness (QED) is 0.734. The first kappa shape index (κ1) is 12.8. The molecule has 1 aliphatic rings. The van der Waals surface area contributed by atoms with E-state index in [0.29, 0.717) is 0 Å². The van der Waals surface area contributed by atoms with E-state index in [4.69, 9.17) is 0 Å². The van der Waals surface area contributed by atoms with Crippen molar-refractivity contribution in [1.29, 1.82) is 0 Å². The van der Waals surface area contributed by atoms with Crippen LogP contribution in [0, 0.1) is 0 Å². The molecule has 0 amide bonds. The third-order valence-corrected chi connectivity index (χ3v) is 4.89. The molecule has 1 saturated carbocycles. The fourth-order valence-corrected chi connectivity index (χ4v) is 4.25. The monoisotopic (exact) mass is 364 g/mol. The van der Waals surface area contributed by atoms with E-state index in [-0.39, 0.29) is 0 Å². The predicted octanol–water partition coefficient (Wildman–Crippen LogP) is 4.57. The molecule has 0 N–H and O–H groups in total. The average molecular weight is 366 g/mol. The summed E-state index contributed by atoms with van der Waals surface area (Å²) in [7, 11) is 0. The molecule has 1 heterocycles. The number of nitrogens with zero attached hydrogens (tertiary/aromatic N) is 2. The zero-order chi connectivity index (χ0) is 11.4. The topological polar surface area (TPSA) is 25.8 Å². The minimum atomic E-state index is 0.815. The fourth-order valence-electron chi connectivity index (χ4n) is 1.92. The van der Waals surface area contributed by atoms with Gasteiger partial charge < -0.3 is 0 Å². The molecule has 0 aliphatic heterocycles. The zero-order valence-electron chi connectivity index (χ0n) is 8.96. The van der Waals surface area contributed by atoms with Crippen molar-refractivity contribution in [2.75, 3.05) is 0 Å². The minimum Gasteiger partial charge on any atom is -0.225 e. The molecule has 1 aliphatic carbocycles. The molecule has 2 nitrogen and oxygen atoms in total. The molecule has 0 spiro atoms. The van der Waals surface area contributed by atoms with Crippen LogP contribution >= 0.6 is 43.6 Å². The summed E-state index contributed by atoms with van der Waals surface area (Å²) in [6, 6.07) is 1.87. The van der Waals surface area contributed by atoms with Gasteiger partial charge in [0.05, 0.1) is 5.75 Å². The lowest BCUT2D eigenvalue weighted by molar-refractivity contribution is 0.516.